The van der Waals surface area contributed by atoms with Crippen LogP contribution in [-0.4, -0.2) is 18.5 Å². The molecule has 17 heavy (non-hydrogen) atoms. The summed E-state index contributed by atoms with van der Waals surface area (Å²) in [6.45, 7) is 2.42. The van der Waals surface area contributed by atoms with Crippen molar-refractivity contribution in [1.82, 2.24) is 5.32 Å². The highest BCUT2D eigenvalue weighted by Gasteiger charge is 2.20. The molecule has 3 nitrogen and oxygen atoms in total. The van der Waals surface area contributed by atoms with Gasteiger partial charge >= 0.3 is 0 Å². The van der Waals surface area contributed by atoms with E-state index in [0.717, 1.165) is 12.8 Å². The maximum Gasteiger partial charge on any atom is 0.236 e. The van der Waals surface area contributed by atoms with E-state index in [0.29, 0.717) is 12.5 Å². The lowest BCUT2D eigenvalue weighted by Crippen LogP contribution is -2.40. The molecule has 0 saturated carbocycles. The third-order valence-corrected chi connectivity index (χ3v) is 3.43. The first-order valence-electron chi connectivity index (χ1n) is 6.29. The van der Waals surface area contributed by atoms with Crippen molar-refractivity contribution in [1.29, 1.82) is 0 Å². The van der Waals surface area contributed by atoms with Gasteiger partial charge in [-0.3, -0.25) is 4.79 Å². The Kier molecular flexibility index (Phi) is 3.79. The molecular formula is C14H20N2O. The average Bonchev–Trinajstić information content (AvgIpc) is 2.35. The molecule has 1 aromatic rings. The molecule has 92 valence electrons. The summed E-state index contributed by atoms with van der Waals surface area (Å²) in [5.74, 6) is 0.385. The SMILES string of the molecule is CC(N)C(=O)NCC1CCCc2ccccc21. The minimum Gasteiger partial charge on any atom is -0.354 e. The number of aryl methyl sites for hydroxylation is 1. The van der Waals surface area contributed by atoms with Gasteiger partial charge in [-0.25, -0.2) is 0 Å². The first kappa shape index (κ1) is 12.1. The van der Waals surface area contributed by atoms with Gasteiger partial charge in [0.05, 0.1) is 6.04 Å². The minimum absolute atomic E-state index is 0.0620. The first-order chi connectivity index (χ1) is 8.18. The number of carbonyl (C=O) groups is 1. The predicted molar refractivity (Wildman–Crippen MR) is 68.8 cm³/mol. The lowest BCUT2D eigenvalue weighted by atomic mass is 9.83. The van der Waals surface area contributed by atoms with Crippen LogP contribution < -0.4 is 11.1 Å². The van der Waals surface area contributed by atoms with Crippen molar-refractivity contribution in [2.75, 3.05) is 6.54 Å². The Balaban J connectivity index is 2.01. The van der Waals surface area contributed by atoms with Crippen LogP contribution in [0.15, 0.2) is 24.3 Å². The number of benzene rings is 1. The Morgan fingerprint density at radius 3 is 3.06 bits per heavy atom. The molecule has 3 heteroatoms. The molecule has 1 amide bonds. The average molecular weight is 232 g/mol. The number of nitrogens with two attached hydrogens (primary N) is 1. The van der Waals surface area contributed by atoms with E-state index in [1.54, 1.807) is 6.92 Å². The number of amides is 1. The predicted octanol–water partition coefficient (Wildman–Crippen LogP) is 1.57. The molecule has 0 radical (unpaired) electrons. The second kappa shape index (κ2) is 5.32. The van der Waals surface area contributed by atoms with E-state index in [-0.39, 0.29) is 5.91 Å². The van der Waals surface area contributed by atoms with Crippen LogP contribution in [0.4, 0.5) is 0 Å². The summed E-state index contributed by atoms with van der Waals surface area (Å²) in [7, 11) is 0. The monoisotopic (exact) mass is 232 g/mol. The summed E-state index contributed by atoms with van der Waals surface area (Å²) < 4.78 is 0. The molecule has 1 aliphatic carbocycles. The van der Waals surface area contributed by atoms with Gasteiger partial charge in [-0.15, -0.1) is 0 Å². The van der Waals surface area contributed by atoms with Crippen molar-refractivity contribution < 1.29 is 4.79 Å². The van der Waals surface area contributed by atoms with Crippen molar-refractivity contribution in [3.63, 3.8) is 0 Å². The van der Waals surface area contributed by atoms with Gasteiger partial charge in [0.2, 0.25) is 5.91 Å². The van der Waals surface area contributed by atoms with Gasteiger partial charge in [0.15, 0.2) is 0 Å². The molecule has 0 spiro atoms. The molecule has 1 aromatic carbocycles. The highest BCUT2D eigenvalue weighted by atomic mass is 16.2. The standard InChI is InChI=1S/C14H20N2O/c1-10(15)14(17)16-9-12-7-4-6-11-5-2-3-8-13(11)12/h2-3,5,8,10,12H,4,6-7,9,15H2,1H3,(H,16,17). The van der Waals surface area contributed by atoms with Crippen LogP contribution in [0.2, 0.25) is 0 Å². The number of nitrogens with one attached hydrogen (secondary N) is 1. The summed E-state index contributed by atoms with van der Waals surface area (Å²) in [5.41, 5.74) is 8.36. The fourth-order valence-electron chi connectivity index (χ4n) is 2.45. The fourth-order valence-corrected chi connectivity index (χ4v) is 2.45. The third kappa shape index (κ3) is 2.86. The van der Waals surface area contributed by atoms with Crippen LogP contribution in [0.1, 0.15) is 36.8 Å². The summed E-state index contributed by atoms with van der Waals surface area (Å²) >= 11 is 0. The molecule has 2 unspecified atom stereocenters. The molecule has 0 saturated heterocycles. The lowest BCUT2D eigenvalue weighted by molar-refractivity contribution is -0.122. The Hall–Kier alpha value is -1.35. The Morgan fingerprint density at radius 1 is 1.53 bits per heavy atom. The van der Waals surface area contributed by atoms with Gasteiger partial charge in [0.25, 0.3) is 0 Å². The topological polar surface area (TPSA) is 55.1 Å². The number of rotatable bonds is 3. The Labute approximate surface area is 102 Å². The van der Waals surface area contributed by atoms with E-state index in [1.807, 2.05) is 0 Å². The Bertz CT molecular complexity index is 401. The van der Waals surface area contributed by atoms with Gasteiger partial charge in [-0.1, -0.05) is 24.3 Å². The zero-order valence-corrected chi connectivity index (χ0v) is 10.3. The number of fused-ring (bicyclic) bond motifs is 1. The Morgan fingerprint density at radius 2 is 2.29 bits per heavy atom. The maximum absolute atomic E-state index is 11.5. The highest BCUT2D eigenvalue weighted by Crippen LogP contribution is 2.30. The van der Waals surface area contributed by atoms with E-state index in [1.165, 1.54) is 17.5 Å². The van der Waals surface area contributed by atoms with Crippen LogP contribution >= 0.6 is 0 Å². The molecular weight excluding hydrogens is 212 g/mol. The molecule has 2 rings (SSSR count). The van der Waals surface area contributed by atoms with E-state index in [2.05, 4.69) is 29.6 Å². The van der Waals surface area contributed by atoms with Crippen LogP contribution in [0.3, 0.4) is 0 Å². The maximum atomic E-state index is 11.5. The van der Waals surface area contributed by atoms with Crippen LogP contribution in [0.25, 0.3) is 0 Å². The second-order valence-corrected chi connectivity index (χ2v) is 4.82. The normalized spacial score (nSPS) is 20.5. The van der Waals surface area contributed by atoms with Crippen molar-refractivity contribution >= 4 is 5.91 Å². The van der Waals surface area contributed by atoms with Crippen molar-refractivity contribution in [2.24, 2.45) is 5.73 Å². The van der Waals surface area contributed by atoms with Gasteiger partial charge in [-0.05, 0) is 37.3 Å². The summed E-state index contributed by atoms with van der Waals surface area (Å²) in [5, 5.41) is 2.93. The number of hydrogen-bond acceptors (Lipinski definition) is 2. The van der Waals surface area contributed by atoms with Crippen LogP contribution in [-0.2, 0) is 11.2 Å². The zero-order valence-electron chi connectivity index (χ0n) is 10.3. The summed E-state index contributed by atoms with van der Waals surface area (Å²) in [6, 6.07) is 8.10. The molecule has 1 aliphatic rings. The molecule has 0 aromatic heterocycles. The zero-order chi connectivity index (χ0) is 12.3. The van der Waals surface area contributed by atoms with Crippen molar-refractivity contribution in [2.45, 2.75) is 38.1 Å². The first-order valence-corrected chi connectivity index (χ1v) is 6.29. The lowest BCUT2D eigenvalue weighted by Gasteiger charge is -2.25. The van der Waals surface area contributed by atoms with E-state index in [9.17, 15) is 4.79 Å². The van der Waals surface area contributed by atoms with Gasteiger partial charge in [0, 0.05) is 12.5 Å². The number of hydrogen-bond donors (Lipinski definition) is 2. The smallest absolute Gasteiger partial charge is 0.236 e. The van der Waals surface area contributed by atoms with Gasteiger partial charge < -0.3 is 11.1 Å². The van der Waals surface area contributed by atoms with E-state index >= 15 is 0 Å². The van der Waals surface area contributed by atoms with Gasteiger partial charge in [-0.2, -0.15) is 0 Å². The highest BCUT2D eigenvalue weighted by molar-refractivity contribution is 5.81. The summed E-state index contributed by atoms with van der Waals surface area (Å²) in [4.78, 5) is 11.5. The molecule has 0 aliphatic heterocycles. The van der Waals surface area contributed by atoms with Crippen molar-refractivity contribution in [3.05, 3.63) is 35.4 Å². The quantitative estimate of drug-likeness (QED) is 0.831. The van der Waals surface area contributed by atoms with Crippen LogP contribution in [0, 0.1) is 0 Å². The molecule has 0 heterocycles. The number of carbonyl (C=O) groups excluding carboxylic acids is 1. The third-order valence-electron chi connectivity index (χ3n) is 3.43. The largest absolute Gasteiger partial charge is 0.354 e. The summed E-state index contributed by atoms with van der Waals surface area (Å²) in [6.07, 6.45) is 3.51. The molecule has 2 atom stereocenters. The van der Waals surface area contributed by atoms with E-state index in [4.69, 9.17) is 5.73 Å². The second-order valence-electron chi connectivity index (χ2n) is 4.82. The van der Waals surface area contributed by atoms with Crippen LogP contribution in [0.5, 0.6) is 0 Å². The van der Waals surface area contributed by atoms with Crippen molar-refractivity contribution in [3.8, 4) is 0 Å². The molecule has 3 N–H and O–H groups in total. The van der Waals surface area contributed by atoms with E-state index < -0.39 is 6.04 Å². The minimum atomic E-state index is -0.422. The molecule has 0 fully saturated rings. The molecule has 0 bridgehead atoms. The van der Waals surface area contributed by atoms with Gasteiger partial charge in [0.1, 0.15) is 0 Å². The fraction of sp³-hybridized carbons (Fsp3) is 0.500.